The second-order valence-electron chi connectivity index (χ2n) is 18.1. The lowest BCUT2D eigenvalue weighted by atomic mass is 9.43. The number of allylic oxidation sites excluding steroid dienone is 1. The number of para-hydroxylation sites is 1. The van der Waals surface area contributed by atoms with Crippen molar-refractivity contribution in [3.05, 3.63) is 114 Å². The highest BCUT2D eigenvalue weighted by Crippen LogP contribution is 2.83. The van der Waals surface area contributed by atoms with Crippen molar-refractivity contribution in [2.75, 3.05) is 19.8 Å². The van der Waals surface area contributed by atoms with Crippen molar-refractivity contribution in [3.63, 3.8) is 0 Å². The number of carbonyl (C=O) groups excluding carboxylic acids is 2. The molecule has 0 amide bonds. The molecule has 8 aliphatic rings. The smallest absolute Gasteiger partial charge is 0.318 e. The molecule has 7 fully saturated rings. The first kappa shape index (κ1) is 38.3. The van der Waals surface area contributed by atoms with Gasteiger partial charge in [-0.3, -0.25) is 9.53 Å². The van der Waals surface area contributed by atoms with Crippen molar-refractivity contribution < 1.29 is 47.9 Å². The van der Waals surface area contributed by atoms with Crippen LogP contribution in [0.25, 0.3) is 0 Å². The van der Waals surface area contributed by atoms with Gasteiger partial charge in [-0.05, 0) is 72.1 Å². The Morgan fingerprint density at radius 3 is 2.26 bits per heavy atom. The molecule has 0 radical (unpaired) electrons. The average Bonchev–Trinajstić information content (AvgIpc) is 3.98. The van der Waals surface area contributed by atoms with E-state index in [-0.39, 0.29) is 36.2 Å². The number of carbonyl (C=O) groups is 2. The maximum atomic E-state index is 15.9. The maximum absolute atomic E-state index is 15.9. The zero-order valence-electron chi connectivity index (χ0n) is 33.4. The van der Waals surface area contributed by atoms with Crippen molar-refractivity contribution >= 4 is 12.3 Å². The Balaban J connectivity index is 0.965. The first-order valence-corrected chi connectivity index (χ1v) is 21.3. The Morgan fingerprint density at radius 2 is 1.59 bits per heavy atom. The zero-order chi connectivity index (χ0) is 39.9. The molecule has 13 unspecified atom stereocenters. The van der Waals surface area contributed by atoms with Gasteiger partial charge in [-0.1, -0.05) is 118 Å². The molecule has 4 aliphatic heterocycles. The van der Waals surface area contributed by atoms with E-state index in [9.17, 15) is 9.90 Å². The standard InChI is InChI=1S/C48H54O10/c1-29(2)37-24-33-25-45(27-49)36-21-20-30(3)35(36)26-46(33,47(37,45)44(51)56-38(31-14-7-4-8-15-31)32-16-9-5-10-17-32)28-54-48-42(50)40-39(41(57-48)43(55-40)58-48)53-23-13-22-52-34-18-11-6-12-19-34/h4-12,14-19,24,27,29-30,33,35-36,38-43,50H,13,20-23,25-26,28H2,1-3H3. The fourth-order valence-electron chi connectivity index (χ4n) is 12.8. The minimum absolute atomic E-state index is 0.0257. The van der Waals surface area contributed by atoms with Gasteiger partial charge in [0.1, 0.15) is 35.8 Å². The molecular formula is C48H54O10. The minimum Gasteiger partial charge on any atom is -0.494 e. The molecule has 4 aliphatic carbocycles. The number of benzene rings is 3. The van der Waals surface area contributed by atoms with Gasteiger partial charge in [0, 0.05) is 11.8 Å². The van der Waals surface area contributed by atoms with Gasteiger partial charge in [-0.15, -0.1) is 0 Å². The highest BCUT2D eigenvalue weighted by molar-refractivity contribution is 5.92. The molecule has 11 rings (SSSR count). The monoisotopic (exact) mass is 790 g/mol. The summed E-state index contributed by atoms with van der Waals surface area (Å²) in [7, 11) is 0. The number of ether oxygens (including phenoxy) is 7. The molecule has 3 aromatic rings. The van der Waals surface area contributed by atoms with Crippen molar-refractivity contribution in [1.29, 1.82) is 0 Å². The molecule has 306 valence electrons. The average molecular weight is 791 g/mol. The SMILES string of the molecule is CC(C)C1=CC2CC3(C=O)C4CCC(C)C4CC2(COC24OC5OC(C(OCCCOc6ccccc6)C5O2)C4O)C13C(=O)OC(c1ccccc1)c1ccccc1. The van der Waals surface area contributed by atoms with Crippen molar-refractivity contribution in [2.45, 2.75) is 95.7 Å². The lowest BCUT2D eigenvalue weighted by Gasteiger charge is -2.59. The van der Waals surface area contributed by atoms with Gasteiger partial charge in [-0.2, -0.15) is 0 Å². The van der Waals surface area contributed by atoms with E-state index < -0.39 is 59.0 Å². The number of fused-ring (bicyclic) bond motifs is 2. The van der Waals surface area contributed by atoms with Crippen LogP contribution in [0.4, 0.5) is 0 Å². The first-order valence-electron chi connectivity index (χ1n) is 21.3. The van der Waals surface area contributed by atoms with E-state index in [0.717, 1.165) is 41.6 Å². The summed E-state index contributed by atoms with van der Waals surface area (Å²) in [5.41, 5.74) is -0.507. The predicted octanol–water partition coefficient (Wildman–Crippen LogP) is 7.20. The summed E-state index contributed by atoms with van der Waals surface area (Å²) in [6.45, 7) is 7.39. The third-order valence-corrected chi connectivity index (χ3v) is 15.1. The topological polar surface area (TPSA) is 119 Å². The van der Waals surface area contributed by atoms with Crippen LogP contribution < -0.4 is 4.74 Å². The first-order chi connectivity index (χ1) is 28.2. The number of rotatable bonds is 15. The number of esters is 1. The molecule has 0 spiro atoms. The van der Waals surface area contributed by atoms with Gasteiger partial charge >= 0.3 is 11.9 Å². The van der Waals surface area contributed by atoms with Crippen LogP contribution in [0, 0.1) is 45.8 Å². The summed E-state index contributed by atoms with van der Waals surface area (Å²) in [6, 6.07) is 29.3. The second kappa shape index (κ2) is 14.4. The molecule has 1 N–H and O–H groups in total. The third kappa shape index (κ3) is 5.37. The molecule has 10 nitrogen and oxygen atoms in total. The van der Waals surface area contributed by atoms with Gasteiger partial charge in [0.2, 0.25) is 0 Å². The Labute approximate surface area is 340 Å². The molecule has 13 atom stereocenters. The van der Waals surface area contributed by atoms with Crippen LogP contribution >= 0.6 is 0 Å². The molecule has 3 saturated carbocycles. The van der Waals surface area contributed by atoms with Gasteiger partial charge in [0.25, 0.3) is 0 Å². The molecule has 58 heavy (non-hydrogen) atoms. The van der Waals surface area contributed by atoms with E-state index in [1.807, 2.05) is 91.0 Å². The third-order valence-electron chi connectivity index (χ3n) is 15.1. The second-order valence-corrected chi connectivity index (χ2v) is 18.1. The molecule has 10 heteroatoms. The van der Waals surface area contributed by atoms with Crippen LogP contribution in [-0.4, -0.2) is 73.9 Å². The predicted molar refractivity (Wildman–Crippen MR) is 211 cm³/mol. The number of aldehydes is 1. The summed E-state index contributed by atoms with van der Waals surface area (Å²) in [5.74, 6) is -0.971. The lowest BCUT2D eigenvalue weighted by molar-refractivity contribution is -0.448. The van der Waals surface area contributed by atoms with Gasteiger partial charge < -0.3 is 38.3 Å². The van der Waals surface area contributed by atoms with Crippen LogP contribution in [0.3, 0.4) is 0 Å². The van der Waals surface area contributed by atoms with Crippen LogP contribution in [0.15, 0.2) is 103 Å². The highest BCUT2D eigenvalue weighted by atomic mass is 17.0. The quantitative estimate of drug-likeness (QED) is 0.0733. The van der Waals surface area contributed by atoms with E-state index in [4.69, 9.17) is 33.2 Å². The Morgan fingerprint density at radius 1 is 0.897 bits per heavy atom. The van der Waals surface area contributed by atoms with Crippen molar-refractivity contribution in [3.8, 4) is 5.75 Å². The summed E-state index contributed by atoms with van der Waals surface area (Å²) in [4.78, 5) is 30.1. The minimum atomic E-state index is -1.81. The number of hydrogen-bond acceptors (Lipinski definition) is 10. The summed E-state index contributed by atoms with van der Waals surface area (Å²) < 4.78 is 44.8. The van der Waals surface area contributed by atoms with Crippen LogP contribution in [-0.2, 0) is 38.0 Å². The van der Waals surface area contributed by atoms with E-state index in [1.165, 1.54) is 0 Å². The maximum Gasteiger partial charge on any atom is 0.318 e. The Hall–Kier alpha value is -3.90. The van der Waals surface area contributed by atoms with Gasteiger partial charge in [0.05, 0.1) is 25.2 Å². The molecule has 0 aromatic heterocycles. The largest absolute Gasteiger partial charge is 0.494 e. The summed E-state index contributed by atoms with van der Waals surface area (Å²) >= 11 is 0. The zero-order valence-corrected chi connectivity index (χ0v) is 33.4. The summed E-state index contributed by atoms with van der Waals surface area (Å²) in [5, 5.41) is 11.9. The van der Waals surface area contributed by atoms with E-state index >= 15 is 4.79 Å². The van der Waals surface area contributed by atoms with E-state index in [0.29, 0.717) is 38.4 Å². The lowest BCUT2D eigenvalue weighted by Crippen LogP contribution is -2.66. The molecule has 8 bridgehead atoms. The Kier molecular flexibility index (Phi) is 9.50. The van der Waals surface area contributed by atoms with Gasteiger partial charge in [-0.25, -0.2) is 0 Å². The fourth-order valence-corrected chi connectivity index (χ4v) is 12.8. The van der Waals surface area contributed by atoms with Crippen LogP contribution in [0.1, 0.15) is 70.1 Å². The number of aliphatic hydroxyl groups is 1. The van der Waals surface area contributed by atoms with Crippen molar-refractivity contribution in [2.24, 2.45) is 45.8 Å². The molecule has 3 aromatic carbocycles. The number of aliphatic hydroxyl groups excluding tert-OH is 1. The summed E-state index contributed by atoms with van der Waals surface area (Å²) in [6.07, 6.45) is 2.44. The van der Waals surface area contributed by atoms with Crippen LogP contribution in [0.2, 0.25) is 0 Å². The highest BCUT2D eigenvalue weighted by Gasteiger charge is 2.85. The van der Waals surface area contributed by atoms with Crippen molar-refractivity contribution in [1.82, 2.24) is 0 Å². The normalized spacial score (nSPS) is 40.0. The van der Waals surface area contributed by atoms with Crippen LogP contribution in [0.5, 0.6) is 5.75 Å². The molecular weight excluding hydrogens is 737 g/mol. The molecule has 4 saturated heterocycles. The van der Waals surface area contributed by atoms with E-state index in [2.05, 4.69) is 26.8 Å². The van der Waals surface area contributed by atoms with E-state index in [1.54, 1.807) is 0 Å². The number of hydrogen-bond donors (Lipinski definition) is 1. The van der Waals surface area contributed by atoms with Gasteiger partial charge in [0.15, 0.2) is 18.5 Å². The molecule has 4 heterocycles. The Bertz CT molecular complexity index is 1990. The fraction of sp³-hybridized carbons (Fsp3) is 0.542.